The molecule has 2 nitrogen and oxygen atoms in total. The minimum Gasteiger partial charge on any atom is -0.439 e. The van der Waals surface area contributed by atoms with E-state index in [0.29, 0.717) is 5.56 Å². The maximum Gasteiger partial charge on any atom is 0.282 e. The Morgan fingerprint density at radius 2 is 2.55 bits per heavy atom. The number of nitrogens with one attached hydrogen (secondary N) is 1. The summed E-state index contributed by atoms with van der Waals surface area (Å²) in [4.78, 5) is 0. The molecule has 11 heavy (non-hydrogen) atoms. The van der Waals surface area contributed by atoms with E-state index in [0.717, 1.165) is 19.4 Å². The Hall–Kier alpha value is -0.830. The van der Waals surface area contributed by atoms with Crippen LogP contribution in [0.15, 0.2) is 16.7 Å². The molecule has 1 N–H and O–H groups in total. The summed E-state index contributed by atoms with van der Waals surface area (Å²) >= 11 is 0. The highest BCUT2D eigenvalue weighted by Crippen LogP contribution is 2.25. The van der Waals surface area contributed by atoms with Crippen LogP contribution in [0.3, 0.4) is 0 Å². The van der Waals surface area contributed by atoms with Crippen LogP contribution in [0.2, 0.25) is 0 Å². The van der Waals surface area contributed by atoms with Crippen molar-refractivity contribution in [1.29, 1.82) is 0 Å². The fraction of sp³-hybridized carbons (Fsp3) is 0.500. The second kappa shape index (κ2) is 2.66. The SMILES string of the molecule is Fc1occc1[C@H]1CCCN1. The molecule has 1 saturated heterocycles. The molecular weight excluding hydrogens is 145 g/mol. The van der Waals surface area contributed by atoms with Crippen LogP contribution in [-0.4, -0.2) is 6.54 Å². The van der Waals surface area contributed by atoms with E-state index in [-0.39, 0.29) is 6.04 Å². The third-order valence-electron chi connectivity index (χ3n) is 2.08. The van der Waals surface area contributed by atoms with Crippen LogP contribution in [0.5, 0.6) is 0 Å². The molecule has 1 atom stereocenters. The van der Waals surface area contributed by atoms with E-state index in [9.17, 15) is 4.39 Å². The lowest BCUT2D eigenvalue weighted by molar-refractivity contribution is 0.346. The van der Waals surface area contributed by atoms with Gasteiger partial charge in [-0.25, -0.2) is 0 Å². The van der Waals surface area contributed by atoms with Gasteiger partial charge in [0, 0.05) is 11.6 Å². The van der Waals surface area contributed by atoms with Gasteiger partial charge in [0.15, 0.2) is 0 Å². The Bertz CT molecular complexity index is 240. The minimum atomic E-state index is -0.440. The topological polar surface area (TPSA) is 25.2 Å². The molecule has 1 aliphatic heterocycles. The van der Waals surface area contributed by atoms with Crippen molar-refractivity contribution in [3.63, 3.8) is 0 Å². The molecule has 0 aromatic carbocycles. The summed E-state index contributed by atoms with van der Waals surface area (Å²) in [6.07, 6.45) is 3.52. The van der Waals surface area contributed by atoms with Crippen LogP contribution >= 0.6 is 0 Å². The molecule has 0 radical (unpaired) electrons. The fourth-order valence-electron chi connectivity index (χ4n) is 1.50. The van der Waals surface area contributed by atoms with Gasteiger partial charge in [-0.05, 0) is 25.5 Å². The van der Waals surface area contributed by atoms with Crippen molar-refractivity contribution in [2.24, 2.45) is 0 Å². The van der Waals surface area contributed by atoms with Gasteiger partial charge in [0.25, 0.3) is 6.01 Å². The van der Waals surface area contributed by atoms with E-state index < -0.39 is 6.01 Å². The summed E-state index contributed by atoms with van der Waals surface area (Å²) in [5.41, 5.74) is 0.669. The van der Waals surface area contributed by atoms with Crippen molar-refractivity contribution < 1.29 is 8.81 Å². The zero-order valence-corrected chi connectivity index (χ0v) is 6.14. The molecular formula is C8H10FNO. The molecule has 0 unspecified atom stereocenters. The Labute approximate surface area is 64.4 Å². The van der Waals surface area contributed by atoms with Crippen LogP contribution in [0.1, 0.15) is 24.4 Å². The van der Waals surface area contributed by atoms with Gasteiger partial charge < -0.3 is 9.73 Å². The molecule has 1 aromatic rings. The van der Waals surface area contributed by atoms with Crippen LogP contribution < -0.4 is 5.32 Å². The summed E-state index contributed by atoms with van der Waals surface area (Å²) in [5.74, 6) is 0. The van der Waals surface area contributed by atoms with Crippen molar-refractivity contribution in [2.75, 3.05) is 6.54 Å². The van der Waals surface area contributed by atoms with Gasteiger partial charge in [0.1, 0.15) is 0 Å². The highest BCUT2D eigenvalue weighted by atomic mass is 19.1. The largest absolute Gasteiger partial charge is 0.439 e. The van der Waals surface area contributed by atoms with Gasteiger partial charge in [0.2, 0.25) is 0 Å². The maximum atomic E-state index is 12.8. The van der Waals surface area contributed by atoms with Gasteiger partial charge in [-0.2, -0.15) is 4.39 Å². The number of hydrogen-bond donors (Lipinski definition) is 1. The van der Waals surface area contributed by atoms with E-state index in [4.69, 9.17) is 0 Å². The Morgan fingerprint density at radius 3 is 3.09 bits per heavy atom. The normalized spacial score (nSPS) is 24.3. The second-order valence-corrected chi connectivity index (χ2v) is 2.80. The minimum absolute atomic E-state index is 0.175. The smallest absolute Gasteiger partial charge is 0.282 e. The highest BCUT2D eigenvalue weighted by molar-refractivity contribution is 5.14. The molecule has 0 bridgehead atoms. The summed E-state index contributed by atoms with van der Waals surface area (Å²) < 4.78 is 17.4. The quantitative estimate of drug-likeness (QED) is 0.669. The summed E-state index contributed by atoms with van der Waals surface area (Å²) in [7, 11) is 0. The fourth-order valence-corrected chi connectivity index (χ4v) is 1.50. The van der Waals surface area contributed by atoms with Crippen molar-refractivity contribution in [1.82, 2.24) is 5.32 Å². The lowest BCUT2D eigenvalue weighted by Gasteiger charge is -2.05. The maximum absolute atomic E-state index is 12.8. The first-order chi connectivity index (χ1) is 5.38. The molecule has 1 fully saturated rings. The molecule has 0 amide bonds. The molecule has 0 spiro atoms. The average molecular weight is 155 g/mol. The third-order valence-corrected chi connectivity index (χ3v) is 2.08. The number of furan rings is 1. The Kier molecular flexibility index (Phi) is 1.66. The molecule has 3 heteroatoms. The van der Waals surface area contributed by atoms with E-state index in [2.05, 4.69) is 9.73 Å². The summed E-state index contributed by atoms with van der Waals surface area (Å²) in [5, 5.41) is 3.20. The van der Waals surface area contributed by atoms with E-state index in [1.54, 1.807) is 6.07 Å². The lowest BCUT2D eigenvalue weighted by Crippen LogP contribution is -2.12. The van der Waals surface area contributed by atoms with Crippen LogP contribution in [0.25, 0.3) is 0 Å². The van der Waals surface area contributed by atoms with Crippen LogP contribution in [-0.2, 0) is 0 Å². The standard InChI is InChI=1S/C8H10FNO/c9-8-6(3-5-11-8)7-2-1-4-10-7/h3,5,7,10H,1-2,4H2/t7-/m1/s1. The first kappa shape index (κ1) is 6.85. The first-order valence-corrected chi connectivity index (χ1v) is 3.84. The molecule has 0 saturated carbocycles. The molecule has 2 heterocycles. The average Bonchev–Trinajstić information content (AvgIpc) is 2.55. The lowest BCUT2D eigenvalue weighted by atomic mass is 10.1. The molecule has 2 rings (SSSR count). The summed E-state index contributed by atoms with van der Waals surface area (Å²) in [6.45, 7) is 0.981. The van der Waals surface area contributed by atoms with Crippen molar-refractivity contribution in [2.45, 2.75) is 18.9 Å². The number of hydrogen-bond acceptors (Lipinski definition) is 2. The molecule has 60 valence electrons. The van der Waals surface area contributed by atoms with Crippen LogP contribution in [0.4, 0.5) is 4.39 Å². The van der Waals surface area contributed by atoms with E-state index in [1.807, 2.05) is 0 Å². The predicted molar refractivity (Wildman–Crippen MR) is 38.6 cm³/mol. The first-order valence-electron chi connectivity index (χ1n) is 3.84. The van der Waals surface area contributed by atoms with Crippen molar-refractivity contribution >= 4 is 0 Å². The van der Waals surface area contributed by atoms with Crippen molar-refractivity contribution in [3.05, 3.63) is 23.9 Å². The van der Waals surface area contributed by atoms with Crippen LogP contribution in [0, 0.1) is 6.01 Å². The monoisotopic (exact) mass is 155 g/mol. The van der Waals surface area contributed by atoms with E-state index in [1.165, 1.54) is 6.26 Å². The zero-order valence-electron chi connectivity index (χ0n) is 6.14. The Balaban J connectivity index is 2.21. The van der Waals surface area contributed by atoms with Gasteiger partial charge >= 0.3 is 0 Å². The van der Waals surface area contributed by atoms with E-state index >= 15 is 0 Å². The number of rotatable bonds is 1. The highest BCUT2D eigenvalue weighted by Gasteiger charge is 2.20. The van der Waals surface area contributed by atoms with Gasteiger partial charge in [-0.3, -0.25) is 0 Å². The second-order valence-electron chi connectivity index (χ2n) is 2.80. The van der Waals surface area contributed by atoms with Crippen molar-refractivity contribution in [3.8, 4) is 0 Å². The molecule has 1 aromatic heterocycles. The molecule has 1 aliphatic rings. The van der Waals surface area contributed by atoms with Gasteiger partial charge in [0.05, 0.1) is 6.26 Å². The number of halogens is 1. The molecule has 0 aliphatic carbocycles. The Morgan fingerprint density at radius 1 is 1.64 bits per heavy atom. The predicted octanol–water partition coefficient (Wildman–Crippen LogP) is 1.84. The third kappa shape index (κ3) is 1.16. The van der Waals surface area contributed by atoms with Gasteiger partial charge in [-0.15, -0.1) is 0 Å². The zero-order chi connectivity index (χ0) is 7.68. The van der Waals surface area contributed by atoms with Gasteiger partial charge in [-0.1, -0.05) is 0 Å². The summed E-state index contributed by atoms with van der Waals surface area (Å²) in [6, 6.07) is 1.43.